The van der Waals surface area contributed by atoms with Gasteiger partial charge in [0.05, 0.1) is 11.4 Å². The number of hydrogen-bond acceptors (Lipinski definition) is 2. The van der Waals surface area contributed by atoms with Crippen LogP contribution in [0, 0.1) is 0 Å². The van der Waals surface area contributed by atoms with Crippen molar-refractivity contribution in [3.63, 3.8) is 0 Å². The van der Waals surface area contributed by atoms with Gasteiger partial charge < -0.3 is 9.32 Å². The van der Waals surface area contributed by atoms with Crippen LogP contribution in [0.15, 0.2) is 229 Å². The first-order valence-corrected chi connectivity index (χ1v) is 21.8. The predicted molar refractivity (Wildman–Crippen MR) is 265 cm³/mol. The van der Waals surface area contributed by atoms with Crippen LogP contribution >= 0.6 is 0 Å². The molecular weight excluding hydrogens is 763 g/mol. The number of benzene rings is 10. The molecule has 0 N–H and O–H groups in total. The van der Waals surface area contributed by atoms with E-state index in [4.69, 9.17) is 4.42 Å². The lowest BCUT2D eigenvalue weighted by Crippen LogP contribution is -2.17. The monoisotopic (exact) mass is 805 g/mol. The molecule has 0 atom stereocenters. The van der Waals surface area contributed by atoms with Gasteiger partial charge in [0, 0.05) is 33.0 Å². The molecule has 0 radical (unpaired) electrons. The van der Waals surface area contributed by atoms with Crippen molar-refractivity contribution in [3.05, 3.63) is 236 Å². The molecule has 1 heterocycles. The third-order valence-electron chi connectivity index (χ3n) is 13.3. The summed E-state index contributed by atoms with van der Waals surface area (Å²) in [5.74, 6) is 0. The summed E-state index contributed by atoms with van der Waals surface area (Å²) in [5, 5.41) is 4.59. The summed E-state index contributed by atoms with van der Waals surface area (Å²) in [6, 6.07) is 81.5. The van der Waals surface area contributed by atoms with Gasteiger partial charge in [-0.05, 0) is 103 Å². The third kappa shape index (κ3) is 6.02. The molecule has 0 aliphatic heterocycles. The zero-order valence-corrected chi connectivity index (χ0v) is 35.2. The van der Waals surface area contributed by atoms with Crippen LogP contribution < -0.4 is 4.90 Å². The van der Waals surface area contributed by atoms with E-state index in [2.05, 4.69) is 243 Å². The Hall–Kier alpha value is -7.94. The zero-order chi connectivity index (χ0) is 42.1. The topological polar surface area (TPSA) is 16.4 Å². The predicted octanol–water partition coefficient (Wildman–Crippen LogP) is 17.2. The summed E-state index contributed by atoms with van der Waals surface area (Å²) in [4.78, 5) is 2.44. The van der Waals surface area contributed by atoms with E-state index in [-0.39, 0.29) is 5.41 Å². The summed E-state index contributed by atoms with van der Waals surface area (Å²) in [6.45, 7) is 4.71. The summed E-state index contributed by atoms with van der Waals surface area (Å²) >= 11 is 0. The van der Waals surface area contributed by atoms with Crippen molar-refractivity contribution in [1.82, 2.24) is 0 Å². The number of fused-ring (bicyclic) bond motifs is 8. The minimum atomic E-state index is -0.180. The third-order valence-corrected chi connectivity index (χ3v) is 13.3. The second-order valence-corrected chi connectivity index (χ2v) is 17.2. The van der Waals surface area contributed by atoms with E-state index in [1.807, 2.05) is 0 Å². The van der Waals surface area contributed by atoms with Crippen molar-refractivity contribution in [1.29, 1.82) is 0 Å². The maximum atomic E-state index is 7.33. The van der Waals surface area contributed by atoms with Gasteiger partial charge in [-0.15, -0.1) is 0 Å². The lowest BCUT2D eigenvalue weighted by Gasteiger charge is -2.30. The van der Waals surface area contributed by atoms with Gasteiger partial charge in [-0.3, -0.25) is 0 Å². The van der Waals surface area contributed by atoms with Crippen LogP contribution in [-0.4, -0.2) is 0 Å². The highest BCUT2D eigenvalue weighted by Gasteiger charge is 2.36. The highest BCUT2D eigenvalue weighted by Crippen LogP contribution is 2.53. The second-order valence-electron chi connectivity index (χ2n) is 17.2. The van der Waals surface area contributed by atoms with E-state index < -0.39 is 0 Å². The lowest BCUT2D eigenvalue weighted by molar-refractivity contribution is 0.660. The van der Waals surface area contributed by atoms with Gasteiger partial charge in [-0.25, -0.2) is 0 Å². The molecule has 0 bridgehead atoms. The van der Waals surface area contributed by atoms with Crippen LogP contribution in [0.2, 0.25) is 0 Å². The minimum Gasteiger partial charge on any atom is -0.453 e. The van der Waals surface area contributed by atoms with Gasteiger partial charge in [-0.1, -0.05) is 202 Å². The van der Waals surface area contributed by atoms with Crippen molar-refractivity contribution in [3.8, 4) is 55.6 Å². The Morgan fingerprint density at radius 1 is 0.349 bits per heavy atom. The molecule has 1 aliphatic rings. The average molecular weight is 806 g/mol. The molecule has 63 heavy (non-hydrogen) atoms. The fourth-order valence-electron chi connectivity index (χ4n) is 10.1. The molecule has 0 spiro atoms. The number of para-hydroxylation sites is 1. The average Bonchev–Trinajstić information content (AvgIpc) is 3.85. The lowest BCUT2D eigenvalue weighted by atomic mass is 9.82. The van der Waals surface area contributed by atoms with Gasteiger partial charge in [0.2, 0.25) is 0 Å². The summed E-state index contributed by atoms with van der Waals surface area (Å²) in [6.07, 6.45) is 0. The Kier molecular flexibility index (Phi) is 8.55. The first kappa shape index (κ1) is 36.9. The molecule has 10 aromatic carbocycles. The molecule has 1 aliphatic carbocycles. The Balaban J connectivity index is 1.12. The molecule has 2 nitrogen and oxygen atoms in total. The minimum absolute atomic E-state index is 0.180. The Bertz CT molecular complexity index is 3510. The summed E-state index contributed by atoms with van der Waals surface area (Å²) in [5.41, 5.74) is 19.2. The first-order valence-electron chi connectivity index (χ1n) is 21.8. The van der Waals surface area contributed by atoms with E-state index in [9.17, 15) is 0 Å². The zero-order valence-electron chi connectivity index (χ0n) is 35.2. The van der Waals surface area contributed by atoms with Crippen molar-refractivity contribution in [2.75, 3.05) is 4.90 Å². The molecule has 12 rings (SSSR count). The Morgan fingerprint density at radius 3 is 1.67 bits per heavy atom. The van der Waals surface area contributed by atoms with Gasteiger partial charge >= 0.3 is 0 Å². The number of hydrogen-bond donors (Lipinski definition) is 0. The van der Waals surface area contributed by atoms with Crippen LogP contribution in [0.4, 0.5) is 17.1 Å². The van der Waals surface area contributed by atoms with Gasteiger partial charge in [-0.2, -0.15) is 0 Å². The highest BCUT2D eigenvalue weighted by molar-refractivity contribution is 6.24. The number of furan rings is 1. The molecule has 0 fully saturated rings. The van der Waals surface area contributed by atoms with Gasteiger partial charge in [0.15, 0.2) is 5.58 Å². The SMILES string of the molecule is CC1(C)c2ccccc2-c2ccc(N(c3ccc(-c4ccc(-c5ccccc5)cc4)cc3-c3ccccc3)c3cccc4c3oc3c(-c5ccccc5)cc5ccccc5c34)cc21. The normalized spacial score (nSPS) is 12.7. The molecule has 0 unspecified atom stereocenters. The van der Waals surface area contributed by atoms with Crippen LogP contribution in [0.1, 0.15) is 25.0 Å². The van der Waals surface area contributed by atoms with E-state index in [1.54, 1.807) is 0 Å². The number of anilines is 3. The van der Waals surface area contributed by atoms with Crippen LogP contribution in [0.25, 0.3) is 88.3 Å². The smallest absolute Gasteiger partial charge is 0.159 e. The molecule has 1 aromatic heterocycles. The number of rotatable bonds is 7. The standard InChI is InChI=1S/C61H43NO/c1-61(2)54-27-15-14-25-49(54)50-35-34-47(39-55(50)61)62(56-36-33-45(37-52(56)43-19-8-4-9-20-43)42-31-29-41(30-32-42)40-17-6-3-7-18-40)57-28-16-26-51-58-48-24-13-12-23-46(48)38-53(60(58)63-59(51)57)44-21-10-5-11-22-44/h3-39H,1-2H3. The van der Waals surface area contributed by atoms with Crippen LogP contribution in [-0.2, 0) is 5.41 Å². The maximum absolute atomic E-state index is 7.33. The van der Waals surface area contributed by atoms with Crippen molar-refractivity contribution in [2.24, 2.45) is 0 Å². The fourth-order valence-corrected chi connectivity index (χ4v) is 10.1. The van der Waals surface area contributed by atoms with Gasteiger partial charge in [0.1, 0.15) is 5.58 Å². The van der Waals surface area contributed by atoms with Crippen molar-refractivity contribution in [2.45, 2.75) is 19.3 Å². The van der Waals surface area contributed by atoms with Gasteiger partial charge in [0.25, 0.3) is 0 Å². The highest BCUT2D eigenvalue weighted by atomic mass is 16.3. The largest absolute Gasteiger partial charge is 0.453 e. The van der Waals surface area contributed by atoms with E-state index in [1.165, 1.54) is 49.7 Å². The molecule has 2 heteroatoms. The molecule has 0 saturated heterocycles. The fraction of sp³-hybridized carbons (Fsp3) is 0.0492. The molecular formula is C61H43NO. The Morgan fingerprint density at radius 2 is 0.921 bits per heavy atom. The Labute approximate surface area is 368 Å². The van der Waals surface area contributed by atoms with Crippen LogP contribution in [0.5, 0.6) is 0 Å². The second kappa shape index (κ2) is 14.6. The van der Waals surface area contributed by atoms with E-state index in [0.29, 0.717) is 0 Å². The maximum Gasteiger partial charge on any atom is 0.159 e. The number of nitrogens with zero attached hydrogens (tertiary/aromatic N) is 1. The summed E-state index contributed by atoms with van der Waals surface area (Å²) in [7, 11) is 0. The molecule has 298 valence electrons. The molecule has 0 amide bonds. The van der Waals surface area contributed by atoms with Crippen LogP contribution in [0.3, 0.4) is 0 Å². The molecule has 11 aromatic rings. The summed E-state index contributed by atoms with van der Waals surface area (Å²) < 4.78 is 7.33. The quantitative estimate of drug-likeness (QED) is 0.160. The molecule has 0 saturated carbocycles. The van der Waals surface area contributed by atoms with Crippen molar-refractivity contribution < 1.29 is 4.42 Å². The first-order chi connectivity index (χ1) is 31.0. The van der Waals surface area contributed by atoms with E-state index >= 15 is 0 Å². The van der Waals surface area contributed by atoms with E-state index in [0.717, 1.165) is 66.8 Å². The van der Waals surface area contributed by atoms with Crippen molar-refractivity contribution >= 4 is 49.8 Å².